The molecule has 2 unspecified atom stereocenters. The lowest BCUT2D eigenvalue weighted by molar-refractivity contribution is 0.176. The lowest BCUT2D eigenvalue weighted by atomic mass is 9.92. The van der Waals surface area contributed by atoms with Crippen molar-refractivity contribution in [2.24, 2.45) is 5.92 Å². The van der Waals surface area contributed by atoms with E-state index in [0.29, 0.717) is 12.0 Å². The highest BCUT2D eigenvalue weighted by atomic mass is 16.5. The summed E-state index contributed by atoms with van der Waals surface area (Å²) in [5.41, 5.74) is 1.39. The number of hydrogen-bond acceptors (Lipinski definition) is 2. The van der Waals surface area contributed by atoms with Crippen LogP contribution >= 0.6 is 0 Å². The summed E-state index contributed by atoms with van der Waals surface area (Å²) in [6.45, 7) is 5.11. The van der Waals surface area contributed by atoms with Crippen molar-refractivity contribution in [1.82, 2.24) is 5.32 Å². The smallest absolute Gasteiger partial charge is 0.0513 e. The summed E-state index contributed by atoms with van der Waals surface area (Å²) >= 11 is 0. The third-order valence-electron chi connectivity index (χ3n) is 3.21. The van der Waals surface area contributed by atoms with E-state index in [1.54, 1.807) is 0 Å². The van der Waals surface area contributed by atoms with Gasteiger partial charge in [-0.1, -0.05) is 37.3 Å². The van der Waals surface area contributed by atoms with E-state index in [0.717, 1.165) is 19.8 Å². The lowest BCUT2D eigenvalue weighted by Crippen LogP contribution is -2.29. The van der Waals surface area contributed by atoms with E-state index in [4.69, 9.17) is 4.74 Å². The van der Waals surface area contributed by atoms with E-state index in [9.17, 15) is 0 Å². The van der Waals surface area contributed by atoms with Gasteiger partial charge in [0.2, 0.25) is 0 Å². The third-order valence-corrected chi connectivity index (χ3v) is 3.21. The molecule has 0 bridgehead atoms. The average molecular weight is 219 g/mol. The van der Waals surface area contributed by atoms with Crippen LogP contribution in [0.25, 0.3) is 0 Å². The van der Waals surface area contributed by atoms with Crippen molar-refractivity contribution in [3.8, 4) is 0 Å². The molecule has 2 rings (SSSR count). The highest BCUT2D eigenvalue weighted by molar-refractivity contribution is 5.20. The zero-order chi connectivity index (χ0) is 11.2. The monoisotopic (exact) mass is 219 g/mol. The van der Waals surface area contributed by atoms with Gasteiger partial charge in [0.1, 0.15) is 0 Å². The van der Waals surface area contributed by atoms with Crippen LogP contribution in [0, 0.1) is 5.92 Å². The first-order valence-electron chi connectivity index (χ1n) is 6.28. The molecule has 1 aromatic rings. The Labute approximate surface area is 98.0 Å². The number of hydrogen-bond donors (Lipinski definition) is 1. The quantitative estimate of drug-likeness (QED) is 0.822. The second-order valence-corrected chi connectivity index (χ2v) is 4.47. The highest BCUT2D eigenvalue weighted by Crippen LogP contribution is 2.28. The molecule has 2 nitrogen and oxygen atoms in total. The predicted molar refractivity (Wildman–Crippen MR) is 66.4 cm³/mol. The second-order valence-electron chi connectivity index (χ2n) is 4.47. The Morgan fingerprint density at radius 3 is 2.81 bits per heavy atom. The van der Waals surface area contributed by atoms with Gasteiger partial charge in [0.15, 0.2) is 0 Å². The van der Waals surface area contributed by atoms with Crippen LogP contribution in [0.4, 0.5) is 0 Å². The Hall–Kier alpha value is -0.860. The van der Waals surface area contributed by atoms with Crippen molar-refractivity contribution in [1.29, 1.82) is 0 Å². The van der Waals surface area contributed by atoms with Gasteiger partial charge in [-0.2, -0.15) is 0 Å². The van der Waals surface area contributed by atoms with Gasteiger partial charge < -0.3 is 10.1 Å². The SMILES string of the molecule is CCCNC(c1ccccc1)C1CCOC1. The van der Waals surface area contributed by atoms with Crippen LogP contribution in [0.2, 0.25) is 0 Å². The molecule has 0 aliphatic carbocycles. The van der Waals surface area contributed by atoms with Crippen LogP contribution in [0.1, 0.15) is 31.4 Å². The molecule has 16 heavy (non-hydrogen) atoms. The minimum absolute atomic E-state index is 0.462. The van der Waals surface area contributed by atoms with Gasteiger partial charge in [-0.05, 0) is 24.9 Å². The fourth-order valence-electron chi connectivity index (χ4n) is 2.33. The first-order valence-corrected chi connectivity index (χ1v) is 6.28. The lowest BCUT2D eigenvalue weighted by Gasteiger charge is -2.24. The molecule has 1 fully saturated rings. The fourth-order valence-corrected chi connectivity index (χ4v) is 2.33. The number of nitrogens with one attached hydrogen (secondary N) is 1. The molecule has 1 aliphatic heterocycles. The van der Waals surface area contributed by atoms with Crippen LogP contribution in [-0.2, 0) is 4.74 Å². The molecule has 1 heterocycles. The molecule has 0 amide bonds. The van der Waals surface area contributed by atoms with E-state index in [1.807, 2.05) is 0 Å². The first-order chi connectivity index (χ1) is 7.92. The number of ether oxygens (including phenoxy) is 1. The Bertz CT molecular complexity index is 293. The summed E-state index contributed by atoms with van der Waals surface area (Å²) in [5.74, 6) is 0.633. The number of rotatable bonds is 5. The van der Waals surface area contributed by atoms with Gasteiger partial charge in [-0.15, -0.1) is 0 Å². The van der Waals surface area contributed by atoms with Crippen LogP contribution in [0.3, 0.4) is 0 Å². The summed E-state index contributed by atoms with van der Waals surface area (Å²) < 4.78 is 5.50. The normalized spacial score (nSPS) is 22.2. The zero-order valence-corrected chi connectivity index (χ0v) is 9.99. The summed E-state index contributed by atoms with van der Waals surface area (Å²) in [6.07, 6.45) is 2.35. The van der Waals surface area contributed by atoms with Gasteiger partial charge in [-0.3, -0.25) is 0 Å². The third kappa shape index (κ3) is 2.83. The standard InChI is InChI=1S/C14H21NO/c1-2-9-15-14(13-8-10-16-11-13)12-6-4-3-5-7-12/h3-7,13-15H,2,8-11H2,1H3. The van der Waals surface area contributed by atoms with Gasteiger partial charge in [-0.25, -0.2) is 0 Å². The van der Waals surface area contributed by atoms with E-state index in [-0.39, 0.29) is 0 Å². The van der Waals surface area contributed by atoms with Crippen LogP contribution in [-0.4, -0.2) is 19.8 Å². The van der Waals surface area contributed by atoms with E-state index < -0.39 is 0 Å². The molecule has 88 valence electrons. The maximum absolute atomic E-state index is 5.50. The molecule has 1 saturated heterocycles. The van der Waals surface area contributed by atoms with Gasteiger partial charge >= 0.3 is 0 Å². The predicted octanol–water partition coefficient (Wildman–Crippen LogP) is 2.76. The minimum Gasteiger partial charge on any atom is -0.381 e. The molecule has 1 aromatic carbocycles. The zero-order valence-electron chi connectivity index (χ0n) is 9.99. The molecule has 0 saturated carbocycles. The van der Waals surface area contributed by atoms with E-state index in [2.05, 4.69) is 42.6 Å². The van der Waals surface area contributed by atoms with Gasteiger partial charge in [0, 0.05) is 18.6 Å². The molecule has 0 spiro atoms. The molecule has 2 atom stereocenters. The molecule has 1 N–H and O–H groups in total. The molecule has 1 aliphatic rings. The molecule has 2 heteroatoms. The molecule has 0 radical (unpaired) electrons. The maximum atomic E-state index is 5.50. The van der Waals surface area contributed by atoms with Crippen molar-refractivity contribution in [3.05, 3.63) is 35.9 Å². The van der Waals surface area contributed by atoms with Gasteiger partial charge in [0.05, 0.1) is 6.61 Å². The van der Waals surface area contributed by atoms with Crippen LogP contribution < -0.4 is 5.32 Å². The Morgan fingerprint density at radius 1 is 1.38 bits per heavy atom. The van der Waals surface area contributed by atoms with E-state index >= 15 is 0 Å². The largest absolute Gasteiger partial charge is 0.381 e. The fraction of sp³-hybridized carbons (Fsp3) is 0.571. The summed E-state index contributed by atoms with van der Waals surface area (Å²) in [5, 5.41) is 3.65. The Balaban J connectivity index is 2.07. The summed E-state index contributed by atoms with van der Waals surface area (Å²) in [6, 6.07) is 11.2. The summed E-state index contributed by atoms with van der Waals surface area (Å²) in [4.78, 5) is 0. The average Bonchev–Trinajstić information content (AvgIpc) is 2.85. The van der Waals surface area contributed by atoms with Crippen molar-refractivity contribution < 1.29 is 4.74 Å². The minimum atomic E-state index is 0.462. The highest BCUT2D eigenvalue weighted by Gasteiger charge is 2.26. The van der Waals surface area contributed by atoms with Crippen LogP contribution in [0.5, 0.6) is 0 Å². The van der Waals surface area contributed by atoms with Crippen molar-refractivity contribution in [3.63, 3.8) is 0 Å². The molecular weight excluding hydrogens is 198 g/mol. The van der Waals surface area contributed by atoms with Crippen molar-refractivity contribution >= 4 is 0 Å². The second kappa shape index (κ2) is 6.02. The van der Waals surface area contributed by atoms with Crippen molar-refractivity contribution in [2.75, 3.05) is 19.8 Å². The Kier molecular flexibility index (Phi) is 4.37. The Morgan fingerprint density at radius 2 is 2.19 bits per heavy atom. The van der Waals surface area contributed by atoms with E-state index in [1.165, 1.54) is 18.4 Å². The summed E-state index contributed by atoms with van der Waals surface area (Å²) in [7, 11) is 0. The number of benzene rings is 1. The maximum Gasteiger partial charge on any atom is 0.0513 e. The van der Waals surface area contributed by atoms with Crippen molar-refractivity contribution in [2.45, 2.75) is 25.8 Å². The molecular formula is C14H21NO. The topological polar surface area (TPSA) is 21.3 Å². The van der Waals surface area contributed by atoms with Crippen LogP contribution in [0.15, 0.2) is 30.3 Å². The molecule has 0 aromatic heterocycles. The van der Waals surface area contributed by atoms with Gasteiger partial charge in [0.25, 0.3) is 0 Å². The first kappa shape index (κ1) is 11.6.